The van der Waals surface area contributed by atoms with Crippen LogP contribution in [0.3, 0.4) is 0 Å². The molecule has 0 unspecified atom stereocenters. The highest BCUT2D eigenvalue weighted by Crippen LogP contribution is 2.28. The van der Waals surface area contributed by atoms with E-state index < -0.39 is 0 Å². The summed E-state index contributed by atoms with van der Waals surface area (Å²) in [6.45, 7) is 1.46. The van der Waals surface area contributed by atoms with Crippen LogP contribution < -0.4 is 10.6 Å². The number of nitrogens with zero attached hydrogens (tertiary/aromatic N) is 1. The first-order valence-corrected chi connectivity index (χ1v) is 11.3. The number of hydrogen-bond donors (Lipinski definition) is 2. The maximum absolute atomic E-state index is 13.3. The lowest BCUT2D eigenvalue weighted by Gasteiger charge is -2.12. The van der Waals surface area contributed by atoms with Crippen LogP contribution >= 0.6 is 0 Å². The second-order valence-electron chi connectivity index (χ2n) is 8.23. The summed E-state index contributed by atoms with van der Waals surface area (Å²) in [5.41, 5.74) is 6.54. The Morgan fingerprint density at radius 3 is 1.89 bits per heavy atom. The Labute approximate surface area is 203 Å². The largest absolute Gasteiger partial charge is 0.326 e. The van der Waals surface area contributed by atoms with Gasteiger partial charge in [0.2, 0.25) is 5.91 Å². The number of aromatic nitrogens is 1. The second kappa shape index (κ2) is 9.61. The Kier molecular flexibility index (Phi) is 6.05. The zero-order valence-electron chi connectivity index (χ0n) is 19.2. The van der Waals surface area contributed by atoms with Gasteiger partial charge in [-0.3, -0.25) is 9.59 Å². The third kappa shape index (κ3) is 4.94. The van der Waals surface area contributed by atoms with E-state index in [1.165, 1.54) is 6.92 Å². The molecule has 4 aromatic carbocycles. The molecule has 0 bridgehead atoms. The normalized spacial score (nSPS) is 10.7. The van der Waals surface area contributed by atoms with Crippen molar-refractivity contribution < 1.29 is 9.59 Å². The van der Waals surface area contributed by atoms with E-state index in [0.29, 0.717) is 16.9 Å². The molecule has 0 saturated carbocycles. The average Bonchev–Trinajstić information content (AvgIpc) is 2.89. The summed E-state index contributed by atoms with van der Waals surface area (Å²) < 4.78 is 0. The Hall–Kier alpha value is -4.77. The summed E-state index contributed by atoms with van der Waals surface area (Å²) in [4.78, 5) is 29.4. The van der Waals surface area contributed by atoms with Crippen LogP contribution in [0, 0.1) is 0 Å². The first kappa shape index (κ1) is 22.0. The zero-order valence-corrected chi connectivity index (χ0v) is 19.2. The molecular weight excluding hydrogens is 434 g/mol. The monoisotopic (exact) mass is 457 g/mol. The van der Waals surface area contributed by atoms with Gasteiger partial charge in [0.1, 0.15) is 0 Å². The van der Waals surface area contributed by atoms with Gasteiger partial charge >= 0.3 is 0 Å². The zero-order chi connectivity index (χ0) is 24.2. The molecule has 1 aromatic heterocycles. The van der Waals surface area contributed by atoms with Crippen molar-refractivity contribution in [2.24, 2.45) is 0 Å². The van der Waals surface area contributed by atoms with Gasteiger partial charge in [-0.2, -0.15) is 0 Å². The van der Waals surface area contributed by atoms with Crippen molar-refractivity contribution in [1.29, 1.82) is 0 Å². The fourth-order valence-electron chi connectivity index (χ4n) is 4.01. The van der Waals surface area contributed by atoms with E-state index in [4.69, 9.17) is 4.98 Å². The third-order valence-electron chi connectivity index (χ3n) is 5.71. The molecule has 5 heteroatoms. The molecule has 0 spiro atoms. The summed E-state index contributed by atoms with van der Waals surface area (Å²) in [5, 5.41) is 6.46. The summed E-state index contributed by atoms with van der Waals surface area (Å²) in [6.07, 6.45) is 0. The van der Waals surface area contributed by atoms with Crippen LogP contribution in [0.15, 0.2) is 109 Å². The lowest BCUT2D eigenvalue weighted by molar-refractivity contribution is -0.114. The van der Waals surface area contributed by atoms with Crippen molar-refractivity contribution in [2.45, 2.75) is 6.92 Å². The minimum atomic E-state index is -0.224. The van der Waals surface area contributed by atoms with E-state index >= 15 is 0 Å². The van der Waals surface area contributed by atoms with E-state index in [0.717, 1.165) is 33.3 Å². The van der Waals surface area contributed by atoms with E-state index in [1.54, 1.807) is 24.3 Å². The molecule has 2 amide bonds. The number of pyridine rings is 1. The van der Waals surface area contributed by atoms with Crippen LogP contribution in [-0.4, -0.2) is 16.8 Å². The minimum absolute atomic E-state index is 0.144. The molecule has 5 aromatic rings. The number of carbonyl (C=O) groups excluding carboxylic acids is 2. The highest BCUT2D eigenvalue weighted by Gasteiger charge is 2.14. The minimum Gasteiger partial charge on any atom is -0.326 e. The molecule has 0 saturated heterocycles. The molecule has 1 heterocycles. The predicted molar refractivity (Wildman–Crippen MR) is 141 cm³/mol. The van der Waals surface area contributed by atoms with E-state index in [2.05, 4.69) is 34.9 Å². The lowest BCUT2D eigenvalue weighted by Crippen LogP contribution is -2.13. The van der Waals surface area contributed by atoms with Crippen molar-refractivity contribution in [2.75, 3.05) is 10.6 Å². The number of rotatable bonds is 5. The average molecular weight is 458 g/mol. The van der Waals surface area contributed by atoms with Crippen LogP contribution in [0.1, 0.15) is 17.3 Å². The summed E-state index contributed by atoms with van der Waals surface area (Å²) in [5.74, 6) is -0.368. The van der Waals surface area contributed by atoms with Crippen LogP contribution in [0.5, 0.6) is 0 Å². The maximum atomic E-state index is 13.3. The molecule has 5 nitrogen and oxygen atoms in total. The molecule has 35 heavy (non-hydrogen) atoms. The van der Waals surface area contributed by atoms with Gasteiger partial charge in [-0.05, 0) is 47.5 Å². The summed E-state index contributed by atoms with van der Waals surface area (Å²) >= 11 is 0. The maximum Gasteiger partial charge on any atom is 0.256 e. The fraction of sp³-hybridized carbons (Fsp3) is 0.0333. The highest BCUT2D eigenvalue weighted by molar-refractivity contribution is 6.13. The number of hydrogen-bond acceptors (Lipinski definition) is 3. The Morgan fingerprint density at radius 1 is 0.629 bits per heavy atom. The van der Waals surface area contributed by atoms with Gasteiger partial charge in [0.15, 0.2) is 0 Å². The fourth-order valence-corrected chi connectivity index (χ4v) is 4.01. The summed E-state index contributed by atoms with van der Waals surface area (Å²) in [7, 11) is 0. The molecule has 0 atom stereocenters. The van der Waals surface area contributed by atoms with Gasteiger partial charge in [-0.1, -0.05) is 72.8 Å². The number of anilines is 2. The van der Waals surface area contributed by atoms with Gasteiger partial charge in [0.25, 0.3) is 5.91 Å². The Bertz CT molecular complexity index is 1510. The van der Waals surface area contributed by atoms with Crippen molar-refractivity contribution >= 4 is 34.1 Å². The highest BCUT2D eigenvalue weighted by atomic mass is 16.2. The van der Waals surface area contributed by atoms with Gasteiger partial charge in [-0.15, -0.1) is 0 Å². The number of fused-ring (bicyclic) bond motifs is 1. The van der Waals surface area contributed by atoms with Crippen LogP contribution in [0.2, 0.25) is 0 Å². The van der Waals surface area contributed by atoms with Crippen molar-refractivity contribution in [3.05, 3.63) is 115 Å². The van der Waals surface area contributed by atoms with Gasteiger partial charge in [-0.25, -0.2) is 4.98 Å². The predicted octanol–water partition coefficient (Wildman–Crippen LogP) is 6.78. The molecule has 170 valence electrons. The number of benzene rings is 4. The van der Waals surface area contributed by atoms with Crippen LogP contribution in [0.25, 0.3) is 33.3 Å². The lowest BCUT2D eigenvalue weighted by atomic mass is 10.0. The van der Waals surface area contributed by atoms with Gasteiger partial charge in [0, 0.05) is 29.2 Å². The Balaban J connectivity index is 1.47. The Morgan fingerprint density at radius 2 is 1.20 bits per heavy atom. The van der Waals surface area contributed by atoms with E-state index in [-0.39, 0.29) is 11.8 Å². The van der Waals surface area contributed by atoms with Gasteiger partial charge < -0.3 is 10.6 Å². The van der Waals surface area contributed by atoms with Crippen LogP contribution in [-0.2, 0) is 4.79 Å². The molecular formula is C30H23N3O2. The van der Waals surface area contributed by atoms with E-state index in [9.17, 15) is 9.59 Å². The molecule has 5 rings (SSSR count). The molecule has 0 aliphatic heterocycles. The number of para-hydroxylation sites is 1. The number of nitrogens with one attached hydrogen (secondary N) is 2. The topological polar surface area (TPSA) is 71.1 Å². The smallest absolute Gasteiger partial charge is 0.256 e. The SMILES string of the molecule is CC(=O)Nc1ccc(NC(=O)c2cc(-c3ccc(-c4ccccc4)cc3)nc3ccccc23)cc1. The van der Waals surface area contributed by atoms with Crippen LogP contribution in [0.4, 0.5) is 11.4 Å². The summed E-state index contributed by atoms with van der Waals surface area (Å²) in [6, 6.07) is 34.9. The quantitative estimate of drug-likeness (QED) is 0.306. The van der Waals surface area contributed by atoms with Crippen molar-refractivity contribution in [3.63, 3.8) is 0 Å². The molecule has 0 aliphatic carbocycles. The molecule has 0 fully saturated rings. The second-order valence-corrected chi connectivity index (χ2v) is 8.23. The van der Waals surface area contributed by atoms with Gasteiger partial charge in [0.05, 0.1) is 16.8 Å². The number of amides is 2. The third-order valence-corrected chi connectivity index (χ3v) is 5.71. The van der Waals surface area contributed by atoms with Crippen molar-refractivity contribution in [3.8, 4) is 22.4 Å². The van der Waals surface area contributed by atoms with Crippen molar-refractivity contribution in [1.82, 2.24) is 4.98 Å². The molecule has 0 radical (unpaired) electrons. The molecule has 2 N–H and O–H groups in total. The molecule has 0 aliphatic rings. The standard InChI is InChI=1S/C30H23N3O2/c1-20(34)31-24-15-17-25(18-16-24)32-30(35)27-19-29(33-28-10-6-5-9-26(27)28)23-13-11-22(12-14-23)21-7-3-2-4-8-21/h2-19H,1H3,(H,31,34)(H,32,35). The first-order chi connectivity index (χ1) is 17.1. The van der Waals surface area contributed by atoms with E-state index in [1.807, 2.05) is 60.7 Å². The first-order valence-electron chi connectivity index (χ1n) is 11.3. The number of carbonyl (C=O) groups is 2.